The van der Waals surface area contributed by atoms with Gasteiger partial charge in [-0.05, 0) is 30.5 Å². The maximum absolute atomic E-state index is 12.4. The molecular formula is C14H17ClF3NO2. The molecule has 0 aliphatic carbocycles. The van der Waals surface area contributed by atoms with Crippen molar-refractivity contribution in [3.05, 3.63) is 34.3 Å². The van der Waals surface area contributed by atoms with E-state index in [1.54, 1.807) is 18.2 Å². The molecule has 0 bridgehead atoms. The number of alkyl halides is 3. The lowest BCUT2D eigenvalue weighted by Gasteiger charge is -2.23. The second kappa shape index (κ2) is 7.66. The predicted octanol–water partition coefficient (Wildman–Crippen LogP) is 2.96. The van der Waals surface area contributed by atoms with E-state index in [9.17, 15) is 18.0 Å². The molecule has 0 saturated heterocycles. The van der Waals surface area contributed by atoms with Gasteiger partial charge in [0.05, 0.1) is 6.61 Å². The molecule has 1 amide bonds. The van der Waals surface area contributed by atoms with E-state index in [1.807, 2.05) is 6.92 Å². The third-order valence-electron chi connectivity index (χ3n) is 2.96. The van der Waals surface area contributed by atoms with Crippen LogP contribution in [0.25, 0.3) is 0 Å². The Labute approximate surface area is 126 Å². The van der Waals surface area contributed by atoms with Crippen molar-refractivity contribution in [3.8, 4) is 0 Å². The van der Waals surface area contributed by atoms with Crippen LogP contribution in [0.2, 0.25) is 5.02 Å². The number of nitrogens with zero attached hydrogens (tertiary/aromatic N) is 1. The Kier molecular flexibility index (Phi) is 6.48. The molecule has 21 heavy (non-hydrogen) atoms. The average molecular weight is 324 g/mol. The van der Waals surface area contributed by atoms with Crippen molar-refractivity contribution < 1.29 is 23.1 Å². The van der Waals surface area contributed by atoms with Crippen molar-refractivity contribution in [3.63, 3.8) is 0 Å². The third kappa shape index (κ3) is 6.35. The Morgan fingerprint density at radius 3 is 2.57 bits per heavy atom. The summed E-state index contributed by atoms with van der Waals surface area (Å²) in [5.41, 5.74) is 1.68. The van der Waals surface area contributed by atoms with Gasteiger partial charge in [-0.1, -0.05) is 23.7 Å². The van der Waals surface area contributed by atoms with Crippen molar-refractivity contribution in [1.29, 1.82) is 0 Å². The minimum absolute atomic E-state index is 0.0600. The topological polar surface area (TPSA) is 40.5 Å². The van der Waals surface area contributed by atoms with Crippen LogP contribution in [0, 0.1) is 6.92 Å². The molecule has 0 unspecified atom stereocenters. The van der Waals surface area contributed by atoms with Gasteiger partial charge in [0.15, 0.2) is 0 Å². The first-order chi connectivity index (χ1) is 9.73. The van der Waals surface area contributed by atoms with Crippen LogP contribution >= 0.6 is 11.6 Å². The molecule has 0 aliphatic rings. The zero-order valence-electron chi connectivity index (χ0n) is 11.6. The van der Waals surface area contributed by atoms with Gasteiger partial charge in [0.1, 0.15) is 6.54 Å². The molecule has 7 heteroatoms. The lowest BCUT2D eigenvalue weighted by atomic mass is 10.1. The fraction of sp³-hybridized carbons (Fsp3) is 0.500. The summed E-state index contributed by atoms with van der Waals surface area (Å²) < 4.78 is 37.1. The summed E-state index contributed by atoms with van der Waals surface area (Å²) in [6, 6.07) is 5.28. The fourth-order valence-corrected chi connectivity index (χ4v) is 2.03. The second-order valence-electron chi connectivity index (χ2n) is 4.74. The van der Waals surface area contributed by atoms with E-state index in [2.05, 4.69) is 0 Å². The van der Waals surface area contributed by atoms with Crippen molar-refractivity contribution in [1.82, 2.24) is 4.90 Å². The second-order valence-corrected chi connectivity index (χ2v) is 5.14. The van der Waals surface area contributed by atoms with Crippen molar-refractivity contribution in [2.45, 2.75) is 25.9 Å². The standard InChI is InChI=1S/C14H17ClF3NO2/c1-10-2-3-11(8-12(10)15)4-5-13(21)19(6-7-20)9-14(16,17)18/h2-3,8,20H,4-7,9H2,1H3. The van der Waals surface area contributed by atoms with Crippen LogP contribution in [0.5, 0.6) is 0 Å². The molecule has 0 atom stereocenters. The molecule has 1 N–H and O–H groups in total. The molecule has 0 heterocycles. The monoisotopic (exact) mass is 323 g/mol. The summed E-state index contributed by atoms with van der Waals surface area (Å²) in [5, 5.41) is 9.31. The highest BCUT2D eigenvalue weighted by Crippen LogP contribution is 2.19. The summed E-state index contributed by atoms with van der Waals surface area (Å²) in [4.78, 5) is 12.4. The lowest BCUT2D eigenvalue weighted by Crippen LogP contribution is -2.40. The van der Waals surface area contributed by atoms with Crippen LogP contribution in [-0.4, -0.2) is 41.8 Å². The molecule has 0 saturated carbocycles. The molecule has 118 valence electrons. The van der Waals surface area contributed by atoms with E-state index >= 15 is 0 Å². The summed E-state index contributed by atoms with van der Waals surface area (Å²) in [7, 11) is 0. The SMILES string of the molecule is Cc1ccc(CCC(=O)N(CCO)CC(F)(F)F)cc1Cl. The van der Waals surface area contributed by atoms with Crippen LogP contribution in [0.1, 0.15) is 17.5 Å². The lowest BCUT2D eigenvalue weighted by molar-refractivity contribution is -0.162. The van der Waals surface area contributed by atoms with Gasteiger partial charge in [-0.25, -0.2) is 0 Å². The zero-order valence-corrected chi connectivity index (χ0v) is 12.3. The summed E-state index contributed by atoms with van der Waals surface area (Å²) in [5.74, 6) is -0.641. The molecule has 0 aromatic heterocycles. The Morgan fingerprint density at radius 2 is 2.05 bits per heavy atom. The van der Waals surface area contributed by atoms with Gasteiger partial charge < -0.3 is 10.0 Å². The number of hydrogen-bond acceptors (Lipinski definition) is 2. The first-order valence-corrected chi connectivity index (χ1v) is 6.81. The molecule has 1 aromatic carbocycles. The van der Waals surface area contributed by atoms with E-state index < -0.39 is 25.2 Å². The predicted molar refractivity (Wildman–Crippen MR) is 74.2 cm³/mol. The van der Waals surface area contributed by atoms with Crippen LogP contribution in [0.3, 0.4) is 0 Å². The minimum Gasteiger partial charge on any atom is -0.395 e. The first kappa shape index (κ1) is 17.8. The molecule has 0 radical (unpaired) electrons. The number of aliphatic hydroxyl groups excluding tert-OH is 1. The van der Waals surface area contributed by atoms with Gasteiger partial charge in [0.2, 0.25) is 5.91 Å². The van der Waals surface area contributed by atoms with E-state index in [1.165, 1.54) is 0 Å². The first-order valence-electron chi connectivity index (χ1n) is 6.43. The number of aryl methyl sites for hydroxylation is 2. The number of benzene rings is 1. The molecule has 3 nitrogen and oxygen atoms in total. The van der Waals surface area contributed by atoms with Gasteiger partial charge in [-0.15, -0.1) is 0 Å². The van der Waals surface area contributed by atoms with E-state index in [4.69, 9.17) is 16.7 Å². The molecule has 0 aliphatic heterocycles. The molecule has 0 spiro atoms. The molecule has 1 aromatic rings. The average Bonchev–Trinajstić information content (AvgIpc) is 2.38. The highest BCUT2D eigenvalue weighted by atomic mass is 35.5. The van der Waals surface area contributed by atoms with Crippen molar-refractivity contribution >= 4 is 17.5 Å². The van der Waals surface area contributed by atoms with Crippen LogP contribution in [-0.2, 0) is 11.2 Å². The summed E-state index contributed by atoms with van der Waals surface area (Å²) in [6.07, 6.45) is -4.23. The zero-order chi connectivity index (χ0) is 16.0. The number of carbonyl (C=O) groups excluding carboxylic acids is 1. The quantitative estimate of drug-likeness (QED) is 0.874. The van der Waals surface area contributed by atoms with Gasteiger partial charge >= 0.3 is 6.18 Å². The Hall–Kier alpha value is -1.27. The minimum atomic E-state index is -4.47. The maximum Gasteiger partial charge on any atom is 0.406 e. The number of hydrogen-bond donors (Lipinski definition) is 1. The Balaban J connectivity index is 2.62. The Morgan fingerprint density at radius 1 is 1.38 bits per heavy atom. The van der Waals surface area contributed by atoms with E-state index in [0.29, 0.717) is 16.3 Å². The smallest absolute Gasteiger partial charge is 0.395 e. The highest BCUT2D eigenvalue weighted by molar-refractivity contribution is 6.31. The highest BCUT2D eigenvalue weighted by Gasteiger charge is 2.32. The largest absolute Gasteiger partial charge is 0.406 e. The van der Waals surface area contributed by atoms with E-state index in [0.717, 1.165) is 11.1 Å². The van der Waals surface area contributed by atoms with Crippen molar-refractivity contribution in [2.75, 3.05) is 19.7 Å². The van der Waals surface area contributed by atoms with Crippen LogP contribution in [0.4, 0.5) is 13.2 Å². The third-order valence-corrected chi connectivity index (χ3v) is 3.36. The number of amides is 1. The number of rotatable bonds is 6. The van der Waals surface area contributed by atoms with Gasteiger partial charge in [0.25, 0.3) is 0 Å². The van der Waals surface area contributed by atoms with E-state index in [-0.39, 0.29) is 13.0 Å². The van der Waals surface area contributed by atoms with Crippen molar-refractivity contribution in [2.24, 2.45) is 0 Å². The van der Waals surface area contributed by atoms with Gasteiger partial charge in [-0.3, -0.25) is 4.79 Å². The molecule has 1 rings (SSSR count). The van der Waals surface area contributed by atoms with Crippen LogP contribution in [0.15, 0.2) is 18.2 Å². The Bertz CT molecular complexity index is 492. The summed E-state index contributed by atoms with van der Waals surface area (Å²) in [6.45, 7) is -0.337. The molecular weight excluding hydrogens is 307 g/mol. The fourth-order valence-electron chi connectivity index (χ4n) is 1.83. The number of halogens is 4. The number of carbonyl (C=O) groups is 1. The van der Waals surface area contributed by atoms with Gasteiger partial charge in [-0.2, -0.15) is 13.2 Å². The van der Waals surface area contributed by atoms with Gasteiger partial charge in [0, 0.05) is 18.0 Å². The normalized spacial score (nSPS) is 11.5. The summed E-state index contributed by atoms with van der Waals surface area (Å²) >= 11 is 5.95. The molecule has 0 fully saturated rings. The maximum atomic E-state index is 12.4. The van der Waals surface area contributed by atoms with Crippen LogP contribution < -0.4 is 0 Å². The number of aliphatic hydroxyl groups is 1.